The zero-order valence-corrected chi connectivity index (χ0v) is 7.03. The highest BCUT2D eigenvalue weighted by Crippen LogP contribution is 2.18. The van der Waals surface area contributed by atoms with Crippen LogP contribution in [0.5, 0.6) is 0 Å². The largest absolute Gasteiger partial charge is 0.480 e. The second-order valence-corrected chi connectivity index (χ2v) is 3.31. The predicted molar refractivity (Wildman–Crippen MR) is 41.1 cm³/mol. The molecule has 0 radical (unpaired) electrons. The molecule has 0 amide bonds. The molecule has 1 unspecified atom stereocenters. The van der Waals surface area contributed by atoms with Crippen molar-refractivity contribution in [2.24, 2.45) is 11.7 Å². The summed E-state index contributed by atoms with van der Waals surface area (Å²) in [4.78, 5) is 10.4. The molecule has 4 heteroatoms. The lowest BCUT2D eigenvalue weighted by Crippen LogP contribution is -2.46. The number of nitrogens with two attached hydrogens (primary N) is 1. The van der Waals surface area contributed by atoms with Gasteiger partial charge in [0.25, 0.3) is 0 Å². The first-order valence-electron chi connectivity index (χ1n) is 3.47. The first-order chi connectivity index (χ1) is 4.76. The molecule has 0 bridgehead atoms. The monoisotopic (exact) mass is 161 g/mol. The summed E-state index contributed by atoms with van der Waals surface area (Å²) in [5.74, 6) is -1.54. The number of aliphatic carboxylic acids is 1. The van der Waals surface area contributed by atoms with Gasteiger partial charge in [0.1, 0.15) is 6.04 Å². The van der Waals surface area contributed by atoms with Crippen LogP contribution in [-0.2, 0) is 4.79 Å². The van der Waals surface area contributed by atoms with Gasteiger partial charge in [0.05, 0.1) is 5.60 Å². The van der Waals surface area contributed by atoms with Crippen LogP contribution in [0, 0.1) is 5.92 Å². The fourth-order valence-electron chi connectivity index (χ4n) is 0.653. The van der Waals surface area contributed by atoms with Crippen molar-refractivity contribution >= 4 is 5.97 Å². The van der Waals surface area contributed by atoms with E-state index in [0.717, 1.165) is 0 Å². The molecule has 0 aromatic carbocycles. The van der Waals surface area contributed by atoms with Crippen molar-refractivity contribution in [2.75, 3.05) is 0 Å². The third-order valence-corrected chi connectivity index (χ3v) is 1.94. The number of rotatable bonds is 3. The SMILES string of the molecule is C[C@@H](C(N)C(=O)O)C(C)(C)O. The average Bonchev–Trinajstić information content (AvgIpc) is 1.82. The van der Waals surface area contributed by atoms with Crippen molar-refractivity contribution in [1.29, 1.82) is 0 Å². The summed E-state index contributed by atoms with van der Waals surface area (Å²) >= 11 is 0. The van der Waals surface area contributed by atoms with Crippen LogP contribution >= 0.6 is 0 Å². The molecule has 0 aliphatic carbocycles. The van der Waals surface area contributed by atoms with Crippen LogP contribution in [0.4, 0.5) is 0 Å². The summed E-state index contributed by atoms with van der Waals surface area (Å²) in [5, 5.41) is 17.8. The summed E-state index contributed by atoms with van der Waals surface area (Å²) in [6.45, 7) is 4.69. The Bertz CT molecular complexity index is 150. The van der Waals surface area contributed by atoms with Crippen LogP contribution in [0.15, 0.2) is 0 Å². The molecular formula is C7H15NO3. The lowest BCUT2D eigenvalue weighted by atomic mass is 9.87. The molecule has 0 saturated carbocycles. The number of hydrogen-bond acceptors (Lipinski definition) is 3. The van der Waals surface area contributed by atoms with E-state index < -0.39 is 23.5 Å². The topological polar surface area (TPSA) is 83.6 Å². The summed E-state index contributed by atoms with van der Waals surface area (Å²) in [5.41, 5.74) is 4.24. The maximum atomic E-state index is 10.4. The molecular weight excluding hydrogens is 146 g/mol. The van der Waals surface area contributed by atoms with Crippen LogP contribution < -0.4 is 5.73 Å². The van der Waals surface area contributed by atoms with Gasteiger partial charge in [-0.3, -0.25) is 4.79 Å². The van der Waals surface area contributed by atoms with Gasteiger partial charge in [-0.05, 0) is 13.8 Å². The molecule has 0 fully saturated rings. The zero-order valence-electron chi connectivity index (χ0n) is 7.03. The number of hydrogen-bond donors (Lipinski definition) is 3. The molecule has 4 N–H and O–H groups in total. The van der Waals surface area contributed by atoms with E-state index in [-0.39, 0.29) is 0 Å². The molecule has 2 atom stereocenters. The van der Waals surface area contributed by atoms with E-state index in [4.69, 9.17) is 10.8 Å². The summed E-state index contributed by atoms with van der Waals surface area (Å²) in [6.07, 6.45) is 0. The van der Waals surface area contributed by atoms with Gasteiger partial charge in [-0.15, -0.1) is 0 Å². The standard InChI is InChI=1S/C7H15NO3/c1-4(7(2,3)11)5(8)6(9)10/h4-5,11H,8H2,1-3H3,(H,9,10)/t4-,5?/m0/s1. The Morgan fingerprint density at radius 1 is 1.55 bits per heavy atom. The fourth-order valence-corrected chi connectivity index (χ4v) is 0.653. The lowest BCUT2D eigenvalue weighted by molar-refractivity contribution is -0.142. The minimum absolute atomic E-state index is 0.458. The second-order valence-electron chi connectivity index (χ2n) is 3.31. The Balaban J connectivity index is 4.25. The molecule has 0 heterocycles. The van der Waals surface area contributed by atoms with Crippen LogP contribution in [0.1, 0.15) is 20.8 Å². The number of aliphatic hydroxyl groups is 1. The van der Waals surface area contributed by atoms with Gasteiger partial charge in [-0.2, -0.15) is 0 Å². The number of carbonyl (C=O) groups is 1. The highest BCUT2D eigenvalue weighted by Gasteiger charge is 2.31. The Kier molecular flexibility index (Phi) is 3.02. The zero-order chi connectivity index (χ0) is 9.23. The van der Waals surface area contributed by atoms with Gasteiger partial charge in [0.2, 0.25) is 0 Å². The van der Waals surface area contributed by atoms with Crippen LogP contribution in [0.3, 0.4) is 0 Å². The Morgan fingerprint density at radius 3 is 2.00 bits per heavy atom. The third-order valence-electron chi connectivity index (χ3n) is 1.94. The number of carboxylic acids is 1. The normalized spacial score (nSPS) is 17.5. The van der Waals surface area contributed by atoms with Gasteiger partial charge < -0.3 is 15.9 Å². The smallest absolute Gasteiger partial charge is 0.320 e. The molecule has 0 spiro atoms. The van der Waals surface area contributed by atoms with Crippen LogP contribution in [0.2, 0.25) is 0 Å². The van der Waals surface area contributed by atoms with E-state index in [9.17, 15) is 9.90 Å². The fraction of sp³-hybridized carbons (Fsp3) is 0.857. The molecule has 11 heavy (non-hydrogen) atoms. The van der Waals surface area contributed by atoms with E-state index in [1.807, 2.05) is 0 Å². The van der Waals surface area contributed by atoms with Crippen molar-refractivity contribution < 1.29 is 15.0 Å². The van der Waals surface area contributed by atoms with Crippen LogP contribution in [-0.4, -0.2) is 27.8 Å². The Morgan fingerprint density at radius 2 is 1.91 bits per heavy atom. The van der Waals surface area contributed by atoms with Crippen molar-refractivity contribution in [3.8, 4) is 0 Å². The average molecular weight is 161 g/mol. The third kappa shape index (κ3) is 2.86. The van der Waals surface area contributed by atoms with E-state index in [1.54, 1.807) is 20.8 Å². The minimum atomic E-state index is -1.08. The molecule has 0 aliphatic heterocycles. The van der Waals surface area contributed by atoms with Crippen molar-refractivity contribution in [2.45, 2.75) is 32.4 Å². The van der Waals surface area contributed by atoms with Gasteiger partial charge in [-0.25, -0.2) is 0 Å². The maximum absolute atomic E-state index is 10.4. The Hall–Kier alpha value is -0.610. The van der Waals surface area contributed by atoms with Crippen molar-refractivity contribution in [3.63, 3.8) is 0 Å². The Labute approximate surface area is 66.0 Å². The molecule has 66 valence electrons. The highest BCUT2D eigenvalue weighted by molar-refractivity contribution is 5.73. The summed E-state index contributed by atoms with van der Waals surface area (Å²) < 4.78 is 0. The van der Waals surface area contributed by atoms with E-state index in [1.165, 1.54) is 0 Å². The molecule has 0 rings (SSSR count). The summed E-state index contributed by atoms with van der Waals surface area (Å²) in [7, 11) is 0. The van der Waals surface area contributed by atoms with Crippen molar-refractivity contribution in [1.82, 2.24) is 0 Å². The van der Waals surface area contributed by atoms with Gasteiger partial charge in [0, 0.05) is 5.92 Å². The maximum Gasteiger partial charge on any atom is 0.320 e. The highest BCUT2D eigenvalue weighted by atomic mass is 16.4. The summed E-state index contributed by atoms with van der Waals surface area (Å²) in [6, 6.07) is -1.00. The second kappa shape index (κ2) is 3.19. The van der Waals surface area contributed by atoms with E-state index >= 15 is 0 Å². The molecule has 4 nitrogen and oxygen atoms in total. The lowest BCUT2D eigenvalue weighted by Gasteiger charge is -2.28. The van der Waals surface area contributed by atoms with Crippen LogP contribution in [0.25, 0.3) is 0 Å². The minimum Gasteiger partial charge on any atom is -0.480 e. The predicted octanol–water partition coefficient (Wildman–Crippen LogP) is -0.195. The molecule has 0 aromatic heterocycles. The first-order valence-corrected chi connectivity index (χ1v) is 3.47. The molecule has 0 saturated heterocycles. The quantitative estimate of drug-likeness (QED) is 0.535. The first kappa shape index (κ1) is 10.4. The van der Waals surface area contributed by atoms with Crippen molar-refractivity contribution in [3.05, 3.63) is 0 Å². The molecule has 0 aliphatic rings. The van der Waals surface area contributed by atoms with Gasteiger partial charge in [-0.1, -0.05) is 6.92 Å². The number of carboxylic acid groups (broad SMARTS) is 1. The van der Waals surface area contributed by atoms with E-state index in [2.05, 4.69) is 0 Å². The molecule has 0 aromatic rings. The van der Waals surface area contributed by atoms with Gasteiger partial charge >= 0.3 is 5.97 Å². The van der Waals surface area contributed by atoms with E-state index in [0.29, 0.717) is 0 Å². The van der Waals surface area contributed by atoms with Gasteiger partial charge in [0.15, 0.2) is 0 Å².